The quantitative estimate of drug-likeness (QED) is 0.129. The zero-order chi connectivity index (χ0) is 35.4. The van der Waals surface area contributed by atoms with E-state index in [0.29, 0.717) is 54.7 Å². The molecule has 0 bridgehead atoms. The molecule has 1 unspecified atom stereocenters. The summed E-state index contributed by atoms with van der Waals surface area (Å²) in [7, 11) is -0.721. The average molecular weight is 683 g/mol. The van der Waals surface area contributed by atoms with Crippen LogP contribution >= 0.6 is 0 Å². The van der Waals surface area contributed by atoms with Crippen LogP contribution in [0.4, 0.5) is 9.18 Å². The highest BCUT2D eigenvalue weighted by Crippen LogP contribution is 2.40. The molecule has 262 valence electrons. The molecule has 12 heteroatoms. The Bertz CT molecular complexity index is 1550. The number of ether oxygens (including phenoxy) is 3. The molecule has 1 aliphatic heterocycles. The lowest BCUT2D eigenvalue weighted by Gasteiger charge is -2.38. The van der Waals surface area contributed by atoms with Crippen molar-refractivity contribution < 1.29 is 32.6 Å². The molecule has 1 saturated heterocycles. The number of amides is 1. The molecule has 0 spiro atoms. The van der Waals surface area contributed by atoms with Crippen LogP contribution in [0.15, 0.2) is 48.5 Å². The summed E-state index contributed by atoms with van der Waals surface area (Å²) in [6.45, 7) is 18.2. The number of nitrogens with zero attached hydrogens (tertiary/aromatic N) is 3. The van der Waals surface area contributed by atoms with Crippen molar-refractivity contribution in [3.05, 3.63) is 65.9 Å². The standard InChI is InChI=1S/C36H51FN4O6Si/c1-35(2,3)47-34(43)40-21-18-24(19-22-40)29(20-23-45-48(8,9)36(4,5)6)32-39-30(31(41(32)38)33(42)44-7)25-10-14-27(15-11-25)46-28-16-12-26(37)13-17-28/h10-17,24,29H,18-23,38H2,1-9H3. The molecule has 2 aromatic carbocycles. The van der Waals surface area contributed by atoms with E-state index in [2.05, 4.69) is 33.9 Å². The molecule has 1 aliphatic rings. The number of nitrogen functional groups attached to an aromatic ring is 1. The number of carbonyl (C=O) groups excluding carboxylic acids is 2. The second kappa shape index (κ2) is 14.7. The van der Waals surface area contributed by atoms with Gasteiger partial charge in [-0.25, -0.2) is 23.6 Å². The van der Waals surface area contributed by atoms with E-state index in [4.69, 9.17) is 29.5 Å². The molecule has 2 heterocycles. The van der Waals surface area contributed by atoms with Gasteiger partial charge in [0.2, 0.25) is 0 Å². The Morgan fingerprint density at radius 1 is 0.979 bits per heavy atom. The predicted octanol–water partition coefficient (Wildman–Crippen LogP) is 8.12. The first-order chi connectivity index (χ1) is 22.4. The Morgan fingerprint density at radius 3 is 2.06 bits per heavy atom. The molecule has 1 amide bonds. The largest absolute Gasteiger partial charge is 0.464 e. The lowest BCUT2D eigenvalue weighted by molar-refractivity contribution is 0.0168. The first kappa shape index (κ1) is 36.9. The number of piperidine rings is 1. The van der Waals surface area contributed by atoms with E-state index in [1.165, 1.54) is 23.9 Å². The van der Waals surface area contributed by atoms with E-state index in [-0.39, 0.29) is 34.5 Å². The SMILES string of the molecule is COC(=O)c1c(-c2ccc(Oc3ccc(F)cc3)cc2)nc(C(CCO[Si](C)(C)C(C)(C)C)C2CCN(C(=O)OC(C)(C)C)CC2)n1N. The van der Waals surface area contributed by atoms with Gasteiger partial charge in [0.1, 0.15) is 34.4 Å². The zero-order valence-electron chi connectivity index (χ0n) is 29.8. The maximum Gasteiger partial charge on any atom is 0.410 e. The fourth-order valence-electron chi connectivity index (χ4n) is 5.57. The number of hydrogen-bond acceptors (Lipinski definition) is 8. The van der Waals surface area contributed by atoms with Gasteiger partial charge in [-0.3, -0.25) is 0 Å². The highest BCUT2D eigenvalue weighted by Gasteiger charge is 2.39. The van der Waals surface area contributed by atoms with E-state index in [0.717, 1.165) is 12.8 Å². The second-order valence-corrected chi connectivity index (χ2v) is 19.7. The normalized spacial score (nSPS) is 15.2. The van der Waals surface area contributed by atoms with Gasteiger partial charge in [-0.15, -0.1) is 0 Å². The van der Waals surface area contributed by atoms with Crippen molar-refractivity contribution in [2.45, 2.75) is 90.5 Å². The first-order valence-corrected chi connectivity index (χ1v) is 19.4. The number of aromatic nitrogens is 2. The van der Waals surface area contributed by atoms with Crippen molar-refractivity contribution in [1.29, 1.82) is 0 Å². The smallest absolute Gasteiger partial charge is 0.410 e. The molecular weight excluding hydrogens is 632 g/mol. The van der Waals surface area contributed by atoms with E-state index < -0.39 is 19.9 Å². The van der Waals surface area contributed by atoms with Crippen LogP contribution in [0, 0.1) is 11.7 Å². The van der Waals surface area contributed by atoms with Crippen LogP contribution in [0.5, 0.6) is 11.5 Å². The highest BCUT2D eigenvalue weighted by atomic mass is 28.4. The molecule has 3 aromatic rings. The molecule has 1 atom stereocenters. The van der Waals surface area contributed by atoms with Gasteiger partial charge < -0.3 is 29.4 Å². The third-order valence-electron chi connectivity index (χ3n) is 9.28. The van der Waals surface area contributed by atoms with Gasteiger partial charge in [0, 0.05) is 31.2 Å². The van der Waals surface area contributed by atoms with E-state index >= 15 is 0 Å². The topological polar surface area (TPSA) is 118 Å². The van der Waals surface area contributed by atoms with E-state index in [1.807, 2.05) is 20.8 Å². The molecule has 2 N–H and O–H groups in total. The van der Waals surface area contributed by atoms with Gasteiger partial charge in [-0.2, -0.15) is 0 Å². The zero-order valence-corrected chi connectivity index (χ0v) is 30.8. The van der Waals surface area contributed by atoms with Crippen molar-refractivity contribution in [2.24, 2.45) is 5.92 Å². The Labute approximate surface area is 284 Å². The maximum atomic E-state index is 13.3. The van der Waals surface area contributed by atoms with E-state index in [9.17, 15) is 14.0 Å². The Morgan fingerprint density at radius 2 is 1.54 bits per heavy atom. The third kappa shape index (κ3) is 8.96. The minimum absolute atomic E-state index is 0.0470. The molecule has 1 aromatic heterocycles. The number of benzene rings is 2. The summed E-state index contributed by atoms with van der Waals surface area (Å²) in [6, 6.07) is 12.9. The summed E-state index contributed by atoms with van der Waals surface area (Å²) in [4.78, 5) is 32.8. The molecule has 48 heavy (non-hydrogen) atoms. The maximum absolute atomic E-state index is 13.3. The number of imidazole rings is 1. The fraction of sp³-hybridized carbons (Fsp3) is 0.528. The fourth-order valence-corrected chi connectivity index (χ4v) is 6.63. The van der Waals surface area contributed by atoms with E-state index in [1.54, 1.807) is 41.3 Å². The Hall–Kier alpha value is -3.90. The van der Waals surface area contributed by atoms with Crippen molar-refractivity contribution >= 4 is 20.4 Å². The lowest BCUT2D eigenvalue weighted by atomic mass is 9.82. The Balaban J connectivity index is 1.65. The summed E-state index contributed by atoms with van der Waals surface area (Å²) in [5.74, 6) is 7.34. The van der Waals surface area contributed by atoms with Crippen LogP contribution in [0.2, 0.25) is 18.1 Å². The molecular formula is C36H51FN4O6Si. The lowest BCUT2D eigenvalue weighted by Crippen LogP contribution is -2.43. The summed E-state index contributed by atoms with van der Waals surface area (Å²) >= 11 is 0. The minimum Gasteiger partial charge on any atom is -0.464 e. The predicted molar refractivity (Wildman–Crippen MR) is 187 cm³/mol. The molecule has 4 rings (SSSR count). The monoisotopic (exact) mass is 682 g/mol. The van der Waals surface area contributed by atoms with Crippen LogP contribution in [0.1, 0.15) is 83.0 Å². The van der Waals surface area contributed by atoms with Crippen LogP contribution in [0.25, 0.3) is 11.3 Å². The van der Waals surface area contributed by atoms with Crippen LogP contribution in [0.3, 0.4) is 0 Å². The van der Waals surface area contributed by atoms with Crippen LogP contribution in [-0.4, -0.2) is 67.3 Å². The number of nitrogens with two attached hydrogens (primary N) is 1. The number of carbonyl (C=O) groups is 2. The summed E-state index contributed by atoms with van der Waals surface area (Å²) in [5, 5.41) is 0.0470. The molecule has 1 fully saturated rings. The Kier molecular flexibility index (Phi) is 11.3. The van der Waals surface area contributed by atoms with Crippen molar-refractivity contribution in [2.75, 3.05) is 32.6 Å². The van der Waals surface area contributed by atoms with Gasteiger partial charge in [-0.05, 0) is 113 Å². The van der Waals surface area contributed by atoms with Gasteiger partial charge in [0.25, 0.3) is 0 Å². The average Bonchev–Trinajstić information content (AvgIpc) is 3.35. The van der Waals surface area contributed by atoms with Gasteiger partial charge in [0.05, 0.1) is 7.11 Å². The number of halogens is 1. The van der Waals surface area contributed by atoms with Crippen LogP contribution in [-0.2, 0) is 13.9 Å². The highest BCUT2D eigenvalue weighted by molar-refractivity contribution is 6.74. The van der Waals surface area contributed by atoms with Crippen LogP contribution < -0.4 is 10.6 Å². The summed E-state index contributed by atoms with van der Waals surface area (Å²) in [5.41, 5.74) is 0.618. The van der Waals surface area contributed by atoms with Gasteiger partial charge in [-0.1, -0.05) is 20.8 Å². The second-order valence-electron chi connectivity index (χ2n) is 14.9. The van der Waals surface area contributed by atoms with Gasteiger partial charge >= 0.3 is 12.1 Å². The number of esters is 1. The van der Waals surface area contributed by atoms with Crippen molar-refractivity contribution in [1.82, 2.24) is 14.6 Å². The minimum atomic E-state index is -2.04. The van der Waals surface area contributed by atoms with Gasteiger partial charge in [0.15, 0.2) is 14.0 Å². The third-order valence-corrected chi connectivity index (χ3v) is 13.8. The molecule has 0 radical (unpaired) electrons. The van der Waals surface area contributed by atoms with Crippen molar-refractivity contribution in [3.63, 3.8) is 0 Å². The first-order valence-electron chi connectivity index (χ1n) is 16.5. The number of likely N-dealkylation sites (tertiary alicyclic amines) is 1. The number of hydrogen-bond donors (Lipinski definition) is 1. The molecule has 0 saturated carbocycles. The summed E-state index contributed by atoms with van der Waals surface area (Å²) < 4.78 is 37.9. The molecule has 0 aliphatic carbocycles. The number of methoxy groups -OCH3 is 1. The van der Waals surface area contributed by atoms with Crippen molar-refractivity contribution in [3.8, 4) is 22.8 Å². The number of rotatable bonds is 10. The summed E-state index contributed by atoms with van der Waals surface area (Å²) in [6.07, 6.45) is 1.76. The molecule has 10 nitrogen and oxygen atoms in total.